The van der Waals surface area contributed by atoms with E-state index in [2.05, 4.69) is 32.9 Å². The highest BCUT2D eigenvalue weighted by Crippen LogP contribution is 2.28. The first-order valence-electron chi connectivity index (χ1n) is 9.79. The summed E-state index contributed by atoms with van der Waals surface area (Å²) in [5.74, 6) is 0.487. The fourth-order valence-electron chi connectivity index (χ4n) is 3.33. The molecule has 1 N–H and O–H groups in total. The zero-order valence-electron chi connectivity index (χ0n) is 16.8. The molecule has 2 heterocycles. The lowest BCUT2D eigenvalue weighted by atomic mass is 10.1. The molecule has 0 atom stereocenters. The van der Waals surface area contributed by atoms with E-state index in [1.165, 1.54) is 18.2 Å². The number of anilines is 1. The maximum absolute atomic E-state index is 12.7. The van der Waals surface area contributed by atoms with Crippen LogP contribution < -0.4 is 5.32 Å². The molecular formula is C24H14IN3O5. The molecule has 0 aliphatic heterocycles. The zero-order valence-corrected chi connectivity index (χ0v) is 19.0. The van der Waals surface area contributed by atoms with Crippen LogP contribution >= 0.6 is 22.6 Å². The molecule has 0 aliphatic carbocycles. The third-order valence-electron chi connectivity index (χ3n) is 4.89. The lowest BCUT2D eigenvalue weighted by Gasteiger charge is -2.02. The Morgan fingerprint density at radius 1 is 0.939 bits per heavy atom. The number of rotatable bonds is 5. The second-order valence-electron chi connectivity index (χ2n) is 7.14. The van der Waals surface area contributed by atoms with Gasteiger partial charge >= 0.3 is 0 Å². The molecule has 0 unspecified atom stereocenters. The number of fused-ring (bicyclic) bond motifs is 1. The van der Waals surface area contributed by atoms with Crippen LogP contribution in [0.15, 0.2) is 87.7 Å². The van der Waals surface area contributed by atoms with E-state index in [9.17, 15) is 14.9 Å². The van der Waals surface area contributed by atoms with E-state index in [0.29, 0.717) is 34.0 Å². The van der Waals surface area contributed by atoms with Crippen molar-refractivity contribution in [2.24, 2.45) is 0 Å². The monoisotopic (exact) mass is 551 g/mol. The van der Waals surface area contributed by atoms with Gasteiger partial charge in [-0.25, -0.2) is 4.98 Å². The van der Waals surface area contributed by atoms with Crippen LogP contribution in [0.1, 0.15) is 10.6 Å². The highest BCUT2D eigenvalue weighted by molar-refractivity contribution is 14.1. The van der Waals surface area contributed by atoms with E-state index in [1.807, 2.05) is 24.3 Å². The molecule has 5 aromatic rings. The number of carbonyl (C=O) groups excluding carboxylic acids is 1. The lowest BCUT2D eigenvalue weighted by Crippen LogP contribution is -2.10. The van der Waals surface area contributed by atoms with Gasteiger partial charge in [-0.3, -0.25) is 14.9 Å². The predicted molar refractivity (Wildman–Crippen MR) is 131 cm³/mol. The summed E-state index contributed by atoms with van der Waals surface area (Å²) in [7, 11) is 0. The second-order valence-corrected chi connectivity index (χ2v) is 8.38. The van der Waals surface area contributed by atoms with Crippen LogP contribution in [-0.2, 0) is 0 Å². The van der Waals surface area contributed by atoms with Crippen molar-refractivity contribution in [2.45, 2.75) is 0 Å². The number of carbonyl (C=O) groups is 1. The van der Waals surface area contributed by atoms with Crippen LogP contribution in [0.25, 0.3) is 33.9 Å². The van der Waals surface area contributed by atoms with Gasteiger partial charge in [0.25, 0.3) is 11.6 Å². The van der Waals surface area contributed by atoms with Gasteiger partial charge in [-0.2, -0.15) is 0 Å². The van der Waals surface area contributed by atoms with Crippen molar-refractivity contribution in [3.63, 3.8) is 0 Å². The molecule has 33 heavy (non-hydrogen) atoms. The van der Waals surface area contributed by atoms with Crippen molar-refractivity contribution in [3.05, 3.63) is 98.3 Å². The van der Waals surface area contributed by atoms with Crippen molar-refractivity contribution in [3.8, 4) is 22.8 Å². The molecule has 0 saturated heterocycles. The molecule has 0 fully saturated rings. The van der Waals surface area contributed by atoms with Crippen molar-refractivity contribution in [1.29, 1.82) is 0 Å². The molecule has 162 valence electrons. The molecule has 1 amide bonds. The summed E-state index contributed by atoms with van der Waals surface area (Å²) in [6.07, 6.45) is 0. The topological polar surface area (TPSA) is 111 Å². The molecule has 0 saturated carbocycles. The Bertz CT molecular complexity index is 1520. The van der Waals surface area contributed by atoms with Crippen LogP contribution in [0.2, 0.25) is 0 Å². The van der Waals surface area contributed by atoms with Gasteiger partial charge in [-0.1, -0.05) is 18.2 Å². The summed E-state index contributed by atoms with van der Waals surface area (Å²) in [4.78, 5) is 27.7. The molecule has 8 nitrogen and oxygen atoms in total. The number of amides is 1. The summed E-state index contributed by atoms with van der Waals surface area (Å²) in [5, 5.41) is 13.8. The van der Waals surface area contributed by atoms with Crippen LogP contribution in [0, 0.1) is 13.7 Å². The van der Waals surface area contributed by atoms with Gasteiger partial charge in [-0.05, 0) is 71.1 Å². The number of nitro groups is 1. The third-order valence-corrected chi connectivity index (χ3v) is 5.56. The number of aromatic nitrogens is 1. The Morgan fingerprint density at radius 3 is 2.58 bits per heavy atom. The first-order chi connectivity index (χ1) is 16.0. The van der Waals surface area contributed by atoms with Crippen LogP contribution in [0.5, 0.6) is 0 Å². The van der Waals surface area contributed by atoms with Gasteiger partial charge in [0.1, 0.15) is 11.3 Å². The molecule has 0 radical (unpaired) electrons. The van der Waals surface area contributed by atoms with E-state index in [4.69, 9.17) is 8.83 Å². The number of hydrogen-bond donors (Lipinski definition) is 1. The van der Waals surface area contributed by atoms with E-state index in [0.717, 1.165) is 9.13 Å². The fourth-order valence-corrected chi connectivity index (χ4v) is 3.87. The highest BCUT2D eigenvalue weighted by atomic mass is 127. The molecule has 9 heteroatoms. The van der Waals surface area contributed by atoms with Gasteiger partial charge in [-0.15, -0.1) is 0 Å². The maximum atomic E-state index is 12.7. The number of nitrogens with one attached hydrogen (secondary N) is 1. The summed E-state index contributed by atoms with van der Waals surface area (Å²) < 4.78 is 12.5. The third kappa shape index (κ3) is 4.35. The summed E-state index contributed by atoms with van der Waals surface area (Å²) in [5.41, 5.74) is 3.07. The first kappa shape index (κ1) is 20.9. The Labute approximate surface area is 200 Å². The summed E-state index contributed by atoms with van der Waals surface area (Å²) in [6, 6.07) is 22.1. The van der Waals surface area contributed by atoms with E-state index >= 15 is 0 Å². The number of furan rings is 1. The minimum absolute atomic E-state index is 0.0552. The SMILES string of the molecule is O=C(Nc1ccc2oc(-c3cccc(I)c3)nc2c1)c1ccc(-c2cccc([N+](=O)[O-])c2)o1. The minimum Gasteiger partial charge on any atom is -0.451 e. The largest absolute Gasteiger partial charge is 0.451 e. The lowest BCUT2D eigenvalue weighted by molar-refractivity contribution is -0.384. The van der Waals surface area contributed by atoms with Gasteiger partial charge < -0.3 is 14.2 Å². The normalized spacial score (nSPS) is 10.9. The molecule has 0 bridgehead atoms. The summed E-state index contributed by atoms with van der Waals surface area (Å²) in [6.45, 7) is 0. The molecule has 3 aromatic carbocycles. The molecule has 2 aromatic heterocycles. The predicted octanol–water partition coefficient (Wildman–Crippen LogP) is 6.52. The Hall–Kier alpha value is -3.99. The number of benzene rings is 3. The van der Waals surface area contributed by atoms with E-state index in [1.54, 1.807) is 36.4 Å². The zero-order chi connectivity index (χ0) is 22.9. The van der Waals surface area contributed by atoms with Crippen molar-refractivity contribution in [2.75, 3.05) is 5.32 Å². The van der Waals surface area contributed by atoms with E-state index in [-0.39, 0.29) is 11.4 Å². The Balaban J connectivity index is 1.36. The standard InChI is InChI=1S/C24H14IN3O5/c25-16-5-1-4-15(11-16)24-27-19-13-17(7-8-21(19)33-24)26-23(29)22-10-9-20(32-22)14-3-2-6-18(12-14)28(30)31/h1-13H,(H,26,29). The number of nitro benzene ring substituents is 1. The number of hydrogen-bond acceptors (Lipinski definition) is 6. The fraction of sp³-hybridized carbons (Fsp3) is 0. The van der Waals surface area contributed by atoms with Crippen LogP contribution in [0.4, 0.5) is 11.4 Å². The number of halogens is 1. The molecule has 0 aliphatic rings. The minimum atomic E-state index is -0.482. The first-order valence-corrected chi connectivity index (χ1v) is 10.9. The molecule has 5 rings (SSSR count). The quantitative estimate of drug-likeness (QED) is 0.151. The summed E-state index contributed by atoms with van der Waals surface area (Å²) >= 11 is 2.23. The van der Waals surface area contributed by atoms with Gasteiger partial charge in [0, 0.05) is 32.5 Å². The average molecular weight is 551 g/mol. The number of oxazole rings is 1. The average Bonchev–Trinajstić information content (AvgIpc) is 3.46. The van der Waals surface area contributed by atoms with Crippen LogP contribution in [0.3, 0.4) is 0 Å². The molecule has 0 spiro atoms. The van der Waals surface area contributed by atoms with Crippen LogP contribution in [-0.4, -0.2) is 15.8 Å². The van der Waals surface area contributed by atoms with Gasteiger partial charge in [0.05, 0.1) is 4.92 Å². The highest BCUT2D eigenvalue weighted by Gasteiger charge is 2.16. The van der Waals surface area contributed by atoms with Crippen molar-refractivity contribution in [1.82, 2.24) is 4.98 Å². The Morgan fingerprint density at radius 2 is 1.76 bits per heavy atom. The van der Waals surface area contributed by atoms with E-state index < -0.39 is 10.8 Å². The number of nitrogens with zero attached hydrogens (tertiary/aromatic N) is 2. The Kier molecular flexibility index (Phi) is 5.38. The maximum Gasteiger partial charge on any atom is 0.291 e. The van der Waals surface area contributed by atoms with Gasteiger partial charge in [0.2, 0.25) is 5.89 Å². The van der Waals surface area contributed by atoms with Gasteiger partial charge in [0.15, 0.2) is 11.3 Å². The number of non-ortho nitro benzene ring substituents is 1. The smallest absolute Gasteiger partial charge is 0.291 e. The van der Waals surface area contributed by atoms with Crippen molar-refractivity contribution >= 4 is 51.0 Å². The van der Waals surface area contributed by atoms with Crippen molar-refractivity contribution < 1.29 is 18.6 Å². The molecular weight excluding hydrogens is 537 g/mol. The second kappa shape index (κ2) is 8.51.